The number of piperidine rings is 1. The lowest BCUT2D eigenvalue weighted by molar-refractivity contribution is -0.144. The first-order chi connectivity index (χ1) is 23.4. The van der Waals surface area contributed by atoms with Gasteiger partial charge in [0.15, 0.2) is 0 Å². The van der Waals surface area contributed by atoms with Gasteiger partial charge in [0.2, 0.25) is 5.91 Å². The molecule has 3 aromatic rings. The Morgan fingerprint density at radius 1 is 0.800 bits per heavy atom. The number of benzene rings is 3. The van der Waals surface area contributed by atoms with E-state index in [2.05, 4.69) is 5.32 Å². The third kappa shape index (κ3) is 6.42. The van der Waals surface area contributed by atoms with Crippen molar-refractivity contribution >= 4 is 17.8 Å². The van der Waals surface area contributed by atoms with Crippen molar-refractivity contribution in [2.45, 2.75) is 61.8 Å². The van der Waals surface area contributed by atoms with Gasteiger partial charge in [-0.1, -0.05) is 48.5 Å². The molecular formula is C37H38F6N4O3. The van der Waals surface area contributed by atoms with Crippen molar-refractivity contribution in [2.24, 2.45) is 0 Å². The van der Waals surface area contributed by atoms with E-state index in [1.165, 1.54) is 25.8 Å². The van der Waals surface area contributed by atoms with Crippen LogP contribution in [-0.4, -0.2) is 78.4 Å². The van der Waals surface area contributed by atoms with Gasteiger partial charge in [0, 0.05) is 56.7 Å². The number of likely N-dealkylation sites (N-methyl/N-ethyl adjacent to an activating group) is 1. The Morgan fingerprint density at radius 2 is 1.36 bits per heavy atom. The number of carbonyl (C=O) groups excluding carboxylic acids is 3. The Kier molecular flexibility index (Phi) is 8.93. The summed E-state index contributed by atoms with van der Waals surface area (Å²) in [6.07, 6.45) is -8.85. The molecule has 0 aromatic heterocycles. The molecule has 3 aliphatic rings. The number of hydrogen-bond donors (Lipinski definition) is 1. The van der Waals surface area contributed by atoms with Gasteiger partial charge in [-0.05, 0) is 67.6 Å². The lowest BCUT2D eigenvalue weighted by atomic mass is 9.69. The second-order valence-corrected chi connectivity index (χ2v) is 14.1. The average Bonchev–Trinajstić information content (AvgIpc) is 3.54. The van der Waals surface area contributed by atoms with E-state index in [0.717, 1.165) is 11.1 Å². The lowest BCUT2D eigenvalue weighted by Gasteiger charge is -2.45. The van der Waals surface area contributed by atoms with Crippen LogP contribution < -0.4 is 5.32 Å². The first kappa shape index (κ1) is 35.3. The number of hydrogen-bond acceptors (Lipinski definition) is 3. The van der Waals surface area contributed by atoms with E-state index in [0.29, 0.717) is 50.2 Å². The molecule has 7 nitrogen and oxygen atoms in total. The highest BCUT2D eigenvalue weighted by Gasteiger charge is 2.48. The number of fused-ring (bicyclic) bond motifs is 2. The predicted octanol–water partition coefficient (Wildman–Crippen LogP) is 6.83. The Hall–Kier alpha value is -4.55. The van der Waals surface area contributed by atoms with Crippen molar-refractivity contribution in [1.82, 2.24) is 20.0 Å². The Bertz CT molecular complexity index is 1750. The quantitative estimate of drug-likeness (QED) is 0.304. The zero-order valence-corrected chi connectivity index (χ0v) is 27.9. The van der Waals surface area contributed by atoms with Crippen LogP contribution >= 0.6 is 0 Å². The standard InChI is InChI=1S/C37H38F6N4O3/c1-34(2,24-17-25(36(38,39)40)19-26(18-24)37(41,42)43)32(49)45(3)30-21-47(20-28(30)23-9-5-4-6-10-23)33(50)46-15-13-35(14-16-46)22-44-31(48)27-11-7-8-12-29(27)35/h4-12,17-19,28,30H,13-16,20-22H2,1-3H3,(H,44,48)/t28-,30+/m1/s1. The SMILES string of the molecule is CN(C(=O)C(C)(C)c1cc(C(F)(F)F)cc(C(F)(F)F)c1)[C@H]1CN(C(=O)N2CCC3(CC2)CNC(=O)c2ccccc23)C[C@@H]1c1ccccc1. The summed E-state index contributed by atoms with van der Waals surface area (Å²) in [5.74, 6) is -1.16. The van der Waals surface area contributed by atoms with Crippen molar-refractivity contribution in [2.75, 3.05) is 39.8 Å². The van der Waals surface area contributed by atoms with Crippen molar-refractivity contribution < 1.29 is 40.7 Å². The molecule has 266 valence electrons. The summed E-state index contributed by atoms with van der Waals surface area (Å²) in [4.78, 5) is 45.5. The van der Waals surface area contributed by atoms with E-state index in [1.54, 1.807) is 15.9 Å². The molecule has 1 N–H and O–H groups in total. The summed E-state index contributed by atoms with van der Waals surface area (Å²) in [6, 6.07) is 17.1. The number of rotatable bonds is 4. The molecule has 6 rings (SSSR count). The molecule has 0 saturated carbocycles. The molecule has 0 unspecified atom stereocenters. The van der Waals surface area contributed by atoms with Gasteiger partial charge >= 0.3 is 18.4 Å². The molecule has 3 aliphatic heterocycles. The minimum Gasteiger partial charge on any atom is -0.351 e. The normalized spacial score (nSPS) is 20.8. The highest BCUT2D eigenvalue weighted by molar-refractivity contribution is 5.97. The highest BCUT2D eigenvalue weighted by atomic mass is 19.4. The summed E-state index contributed by atoms with van der Waals surface area (Å²) in [5, 5.41) is 2.99. The molecule has 4 amide bonds. The van der Waals surface area contributed by atoms with Crippen LogP contribution in [0.1, 0.15) is 70.8 Å². The molecule has 2 atom stereocenters. The maximum absolute atomic E-state index is 14.1. The summed E-state index contributed by atoms with van der Waals surface area (Å²) >= 11 is 0. The fraction of sp³-hybridized carbons (Fsp3) is 0.432. The van der Waals surface area contributed by atoms with Crippen molar-refractivity contribution in [3.05, 3.63) is 106 Å². The second-order valence-electron chi connectivity index (χ2n) is 14.1. The Labute approximate surface area is 286 Å². The molecule has 2 fully saturated rings. The van der Waals surface area contributed by atoms with Crippen LogP contribution in [0, 0.1) is 0 Å². The number of amides is 4. The van der Waals surface area contributed by atoms with Crippen LogP contribution in [0.2, 0.25) is 0 Å². The second kappa shape index (κ2) is 12.6. The maximum atomic E-state index is 14.1. The molecule has 3 heterocycles. The van der Waals surface area contributed by atoms with Crippen molar-refractivity contribution in [3.8, 4) is 0 Å². The van der Waals surface area contributed by atoms with Gasteiger partial charge in [0.05, 0.1) is 22.6 Å². The monoisotopic (exact) mass is 700 g/mol. The molecule has 13 heteroatoms. The smallest absolute Gasteiger partial charge is 0.351 e. The molecule has 2 saturated heterocycles. The molecule has 50 heavy (non-hydrogen) atoms. The molecule has 0 radical (unpaired) electrons. The van der Waals surface area contributed by atoms with Crippen LogP contribution in [0.4, 0.5) is 31.1 Å². The maximum Gasteiger partial charge on any atom is 0.416 e. The zero-order chi connectivity index (χ0) is 36.2. The summed E-state index contributed by atoms with van der Waals surface area (Å²) < 4.78 is 82.2. The predicted molar refractivity (Wildman–Crippen MR) is 173 cm³/mol. The largest absolute Gasteiger partial charge is 0.416 e. The van der Waals surface area contributed by atoms with Gasteiger partial charge in [0.1, 0.15) is 0 Å². The lowest BCUT2D eigenvalue weighted by Crippen LogP contribution is -2.55. The molecular weight excluding hydrogens is 662 g/mol. The van der Waals surface area contributed by atoms with Crippen molar-refractivity contribution in [3.63, 3.8) is 0 Å². The summed E-state index contributed by atoms with van der Waals surface area (Å²) in [6.45, 7) is 4.37. The van der Waals surface area contributed by atoms with E-state index in [1.807, 2.05) is 48.5 Å². The third-order valence-electron chi connectivity index (χ3n) is 10.8. The number of urea groups is 1. The summed E-state index contributed by atoms with van der Waals surface area (Å²) in [7, 11) is 1.48. The third-order valence-corrected chi connectivity index (χ3v) is 10.8. The van der Waals surface area contributed by atoms with E-state index in [-0.39, 0.29) is 42.4 Å². The number of nitrogens with zero attached hydrogens (tertiary/aromatic N) is 3. The minimum absolute atomic E-state index is 0.0468. The van der Waals surface area contributed by atoms with Crippen LogP contribution in [0.5, 0.6) is 0 Å². The Balaban J connectivity index is 1.24. The van der Waals surface area contributed by atoms with Gasteiger partial charge < -0.3 is 20.0 Å². The van der Waals surface area contributed by atoms with Gasteiger partial charge in [0.25, 0.3) is 5.91 Å². The van der Waals surface area contributed by atoms with E-state index >= 15 is 0 Å². The van der Waals surface area contributed by atoms with Gasteiger partial charge in [-0.15, -0.1) is 0 Å². The Morgan fingerprint density at radius 3 is 1.96 bits per heavy atom. The zero-order valence-electron chi connectivity index (χ0n) is 27.9. The van der Waals surface area contributed by atoms with Crippen LogP contribution in [0.25, 0.3) is 0 Å². The number of likely N-dealkylation sites (tertiary alicyclic amines) is 2. The first-order valence-corrected chi connectivity index (χ1v) is 16.5. The topological polar surface area (TPSA) is 73.0 Å². The van der Waals surface area contributed by atoms with Gasteiger partial charge in [-0.3, -0.25) is 9.59 Å². The highest BCUT2D eigenvalue weighted by Crippen LogP contribution is 2.42. The molecule has 3 aromatic carbocycles. The van der Waals surface area contributed by atoms with Gasteiger partial charge in [-0.2, -0.15) is 26.3 Å². The number of alkyl halides is 6. The molecule has 0 aliphatic carbocycles. The number of halogens is 6. The van der Waals surface area contributed by atoms with Crippen LogP contribution in [0.15, 0.2) is 72.8 Å². The van der Waals surface area contributed by atoms with Crippen molar-refractivity contribution in [1.29, 1.82) is 0 Å². The fourth-order valence-electron chi connectivity index (χ4n) is 7.75. The summed E-state index contributed by atoms with van der Waals surface area (Å²) in [5.41, 5.74) is -3.01. The average molecular weight is 701 g/mol. The van der Waals surface area contributed by atoms with Crippen LogP contribution in [-0.2, 0) is 28.0 Å². The van der Waals surface area contributed by atoms with E-state index < -0.39 is 46.4 Å². The van der Waals surface area contributed by atoms with E-state index in [4.69, 9.17) is 0 Å². The number of nitrogens with one attached hydrogen (secondary N) is 1. The molecule has 1 spiro atoms. The fourth-order valence-corrected chi connectivity index (χ4v) is 7.75. The molecule has 0 bridgehead atoms. The van der Waals surface area contributed by atoms with E-state index in [9.17, 15) is 40.7 Å². The first-order valence-electron chi connectivity index (χ1n) is 16.5. The number of carbonyl (C=O) groups is 3. The minimum atomic E-state index is -5.06. The van der Waals surface area contributed by atoms with Gasteiger partial charge in [-0.25, -0.2) is 4.79 Å². The van der Waals surface area contributed by atoms with Crippen LogP contribution in [0.3, 0.4) is 0 Å².